The molecule has 0 unspecified atom stereocenters. The Kier molecular flexibility index (Phi) is 4.79. The minimum atomic E-state index is -4.05. The molecule has 0 spiro atoms. The highest BCUT2D eigenvalue weighted by Gasteiger charge is 2.40. The van der Waals surface area contributed by atoms with E-state index >= 15 is 0 Å². The molecule has 0 aromatic heterocycles. The Balaban J connectivity index is 1.92. The van der Waals surface area contributed by atoms with Crippen LogP contribution in [0.5, 0.6) is 0 Å². The highest BCUT2D eigenvalue weighted by Crippen LogP contribution is 2.34. The first kappa shape index (κ1) is 15.1. The molecule has 0 amide bonds. The second-order valence-electron chi connectivity index (χ2n) is 4.83. The van der Waals surface area contributed by atoms with Crippen LogP contribution in [0.25, 0.3) is 0 Å². The lowest BCUT2D eigenvalue weighted by Crippen LogP contribution is -2.38. The van der Waals surface area contributed by atoms with Crippen LogP contribution < -0.4 is 0 Å². The molecule has 1 aromatic rings. The van der Waals surface area contributed by atoms with Crippen molar-refractivity contribution in [3.63, 3.8) is 0 Å². The van der Waals surface area contributed by atoms with Crippen LogP contribution in [0, 0.1) is 5.92 Å². The number of piperidine rings is 1. The molecule has 1 aromatic carbocycles. The molecule has 0 atom stereocenters. The number of benzene rings is 1. The predicted octanol–water partition coefficient (Wildman–Crippen LogP) is 4.88. The van der Waals surface area contributed by atoms with Crippen LogP contribution in [0.2, 0.25) is 5.02 Å². The number of rotatable bonds is 2. The summed E-state index contributed by atoms with van der Waals surface area (Å²) in [5, 5.41) is 0.645. The quantitative estimate of drug-likeness (QED) is 0.730. The normalized spacial score (nSPS) is 18.8. The van der Waals surface area contributed by atoms with Crippen molar-refractivity contribution in [2.24, 2.45) is 5.92 Å². The molecular weight excluding hydrogens is 343 g/mol. The number of likely N-dealkylation sites (tertiary alicyclic amines) is 1. The van der Waals surface area contributed by atoms with Gasteiger partial charge in [0.25, 0.3) is 0 Å². The lowest BCUT2D eigenvalue weighted by molar-refractivity contribution is -0.185. The number of halogens is 5. The highest BCUT2D eigenvalue weighted by atomic mass is 79.9. The van der Waals surface area contributed by atoms with Gasteiger partial charge >= 0.3 is 6.18 Å². The summed E-state index contributed by atoms with van der Waals surface area (Å²) in [6.45, 7) is 1.63. The third-order valence-corrected chi connectivity index (χ3v) is 4.43. The Morgan fingerprint density at radius 3 is 2.42 bits per heavy atom. The monoisotopic (exact) mass is 355 g/mol. The average molecular weight is 357 g/mol. The van der Waals surface area contributed by atoms with Crippen LogP contribution in [0.3, 0.4) is 0 Å². The van der Waals surface area contributed by atoms with E-state index < -0.39 is 12.1 Å². The standard InChI is InChI=1S/C13H14BrClF3N/c14-12-7-11(15)2-1-9(12)8-19-5-3-10(4-6-19)13(16,17)18/h1-2,7,10H,3-6,8H2. The van der Waals surface area contributed by atoms with Gasteiger partial charge in [0, 0.05) is 16.0 Å². The largest absolute Gasteiger partial charge is 0.391 e. The van der Waals surface area contributed by atoms with Crippen molar-refractivity contribution >= 4 is 27.5 Å². The minimum Gasteiger partial charge on any atom is -0.299 e. The van der Waals surface area contributed by atoms with Gasteiger partial charge in [-0.15, -0.1) is 0 Å². The molecule has 2 rings (SSSR count). The van der Waals surface area contributed by atoms with Crippen molar-refractivity contribution in [3.05, 3.63) is 33.3 Å². The molecule has 106 valence electrons. The van der Waals surface area contributed by atoms with E-state index in [2.05, 4.69) is 20.8 Å². The van der Waals surface area contributed by atoms with Crippen molar-refractivity contribution in [3.8, 4) is 0 Å². The van der Waals surface area contributed by atoms with Gasteiger partial charge in [0.2, 0.25) is 0 Å². The van der Waals surface area contributed by atoms with E-state index in [0.29, 0.717) is 24.7 Å². The molecule has 0 saturated carbocycles. The highest BCUT2D eigenvalue weighted by molar-refractivity contribution is 9.10. The lowest BCUT2D eigenvalue weighted by atomic mass is 9.96. The molecule has 1 aliphatic rings. The van der Waals surface area contributed by atoms with Gasteiger partial charge < -0.3 is 0 Å². The molecule has 0 aliphatic carbocycles. The number of hydrogen-bond donors (Lipinski definition) is 0. The topological polar surface area (TPSA) is 3.24 Å². The van der Waals surface area contributed by atoms with Crippen LogP contribution in [-0.4, -0.2) is 24.2 Å². The van der Waals surface area contributed by atoms with Crippen molar-refractivity contribution in [2.75, 3.05) is 13.1 Å². The average Bonchev–Trinajstić information content (AvgIpc) is 2.32. The minimum absolute atomic E-state index is 0.189. The second-order valence-corrected chi connectivity index (χ2v) is 6.12. The van der Waals surface area contributed by atoms with E-state index in [4.69, 9.17) is 11.6 Å². The number of nitrogens with zero attached hydrogens (tertiary/aromatic N) is 1. The van der Waals surface area contributed by atoms with Crippen molar-refractivity contribution < 1.29 is 13.2 Å². The van der Waals surface area contributed by atoms with Crippen LogP contribution in [0.1, 0.15) is 18.4 Å². The molecule has 0 radical (unpaired) electrons. The maximum Gasteiger partial charge on any atom is 0.391 e. The van der Waals surface area contributed by atoms with Gasteiger partial charge in [-0.05, 0) is 43.6 Å². The van der Waals surface area contributed by atoms with Gasteiger partial charge in [-0.1, -0.05) is 33.6 Å². The lowest BCUT2D eigenvalue weighted by Gasteiger charge is -2.33. The Labute approximate surface area is 123 Å². The summed E-state index contributed by atoms with van der Waals surface area (Å²) < 4.78 is 38.6. The predicted molar refractivity (Wildman–Crippen MR) is 73.2 cm³/mol. The van der Waals surface area contributed by atoms with E-state index in [1.807, 2.05) is 6.07 Å². The zero-order chi connectivity index (χ0) is 14.0. The van der Waals surface area contributed by atoms with Gasteiger partial charge in [-0.3, -0.25) is 4.90 Å². The van der Waals surface area contributed by atoms with Crippen LogP contribution in [0.15, 0.2) is 22.7 Å². The summed E-state index contributed by atoms with van der Waals surface area (Å²) >= 11 is 9.29. The van der Waals surface area contributed by atoms with E-state index in [0.717, 1.165) is 10.0 Å². The molecule has 0 N–H and O–H groups in total. The molecule has 1 nitrogen and oxygen atoms in total. The van der Waals surface area contributed by atoms with Crippen molar-refractivity contribution in [1.82, 2.24) is 4.90 Å². The molecule has 1 fully saturated rings. The van der Waals surface area contributed by atoms with Gasteiger partial charge in [0.15, 0.2) is 0 Å². The summed E-state index contributed by atoms with van der Waals surface area (Å²) in [4.78, 5) is 2.05. The first-order valence-corrected chi connectivity index (χ1v) is 7.26. The maximum atomic E-state index is 12.6. The van der Waals surface area contributed by atoms with Gasteiger partial charge in [0.1, 0.15) is 0 Å². The third-order valence-electron chi connectivity index (χ3n) is 3.46. The molecule has 1 heterocycles. The SMILES string of the molecule is FC(F)(F)C1CCN(Cc2ccc(Cl)cc2Br)CC1. The van der Waals surface area contributed by atoms with Crippen molar-refractivity contribution in [2.45, 2.75) is 25.6 Å². The van der Waals surface area contributed by atoms with Gasteiger partial charge in [0.05, 0.1) is 5.92 Å². The Morgan fingerprint density at radius 1 is 1.26 bits per heavy atom. The van der Waals surface area contributed by atoms with E-state index in [1.54, 1.807) is 12.1 Å². The Hall–Kier alpha value is -0.260. The molecular formula is C13H14BrClF3N. The maximum absolute atomic E-state index is 12.6. The molecule has 19 heavy (non-hydrogen) atoms. The summed E-state index contributed by atoms with van der Waals surface area (Å²) in [6, 6.07) is 5.51. The fraction of sp³-hybridized carbons (Fsp3) is 0.538. The fourth-order valence-electron chi connectivity index (χ4n) is 2.31. The van der Waals surface area contributed by atoms with Gasteiger partial charge in [-0.25, -0.2) is 0 Å². The smallest absolute Gasteiger partial charge is 0.299 e. The molecule has 6 heteroatoms. The second kappa shape index (κ2) is 6.02. The summed E-state index contributed by atoms with van der Waals surface area (Å²) in [7, 11) is 0. The number of alkyl halides is 3. The molecule has 1 aliphatic heterocycles. The third kappa shape index (κ3) is 4.10. The summed E-state index contributed by atoms with van der Waals surface area (Å²) in [6.07, 6.45) is -3.67. The summed E-state index contributed by atoms with van der Waals surface area (Å²) in [5.41, 5.74) is 1.05. The van der Waals surface area contributed by atoms with E-state index in [-0.39, 0.29) is 12.8 Å². The number of hydrogen-bond acceptors (Lipinski definition) is 1. The Morgan fingerprint density at radius 2 is 1.89 bits per heavy atom. The Bertz CT molecular complexity index is 442. The van der Waals surface area contributed by atoms with Crippen LogP contribution in [-0.2, 0) is 6.54 Å². The summed E-state index contributed by atoms with van der Waals surface area (Å²) in [5.74, 6) is -1.14. The first-order valence-electron chi connectivity index (χ1n) is 6.09. The molecule has 1 saturated heterocycles. The van der Waals surface area contributed by atoms with Crippen molar-refractivity contribution in [1.29, 1.82) is 0 Å². The van der Waals surface area contributed by atoms with Crippen LogP contribution in [0.4, 0.5) is 13.2 Å². The fourth-order valence-corrected chi connectivity index (χ4v) is 3.12. The van der Waals surface area contributed by atoms with E-state index in [9.17, 15) is 13.2 Å². The van der Waals surface area contributed by atoms with Crippen LogP contribution >= 0.6 is 27.5 Å². The van der Waals surface area contributed by atoms with Gasteiger partial charge in [-0.2, -0.15) is 13.2 Å². The zero-order valence-corrected chi connectivity index (χ0v) is 12.5. The molecule has 0 bridgehead atoms. The van der Waals surface area contributed by atoms with E-state index in [1.165, 1.54) is 0 Å². The first-order chi connectivity index (χ1) is 8.86. The zero-order valence-electron chi connectivity index (χ0n) is 10.2.